The highest BCUT2D eigenvalue weighted by Gasteiger charge is 2.11. The van der Waals surface area contributed by atoms with E-state index in [4.69, 9.17) is 0 Å². The summed E-state index contributed by atoms with van der Waals surface area (Å²) in [7, 11) is 0. The molecule has 62 valence electrons. The van der Waals surface area contributed by atoms with E-state index in [2.05, 4.69) is 43.6 Å². The highest BCUT2D eigenvalue weighted by molar-refractivity contribution is 9.09. The molecule has 1 heteroatoms. The first kappa shape index (κ1) is 10.5. The summed E-state index contributed by atoms with van der Waals surface area (Å²) in [5.41, 5.74) is 0. The Kier molecular flexibility index (Phi) is 5.42. The average Bonchev–Trinajstić information content (AvgIpc) is 1.85. The third-order valence-corrected chi connectivity index (χ3v) is 3.08. The predicted octanol–water partition coefficient (Wildman–Crippen LogP) is 3.70. The molecule has 0 rings (SSSR count). The first-order valence-electron chi connectivity index (χ1n) is 4.13. The van der Waals surface area contributed by atoms with E-state index in [1.54, 1.807) is 0 Å². The van der Waals surface area contributed by atoms with Crippen LogP contribution in [0.5, 0.6) is 0 Å². The number of hydrogen-bond acceptors (Lipinski definition) is 0. The maximum atomic E-state index is 3.51. The van der Waals surface area contributed by atoms with Crippen molar-refractivity contribution in [2.75, 3.05) is 5.33 Å². The van der Waals surface area contributed by atoms with Gasteiger partial charge >= 0.3 is 0 Å². The fourth-order valence-corrected chi connectivity index (χ4v) is 1.77. The van der Waals surface area contributed by atoms with Gasteiger partial charge in [0.15, 0.2) is 0 Å². The smallest absolute Gasteiger partial charge is 0.00595 e. The zero-order chi connectivity index (χ0) is 8.15. The van der Waals surface area contributed by atoms with Crippen LogP contribution < -0.4 is 0 Å². The molecule has 0 spiro atoms. The second-order valence-electron chi connectivity index (χ2n) is 3.74. The SMILES string of the molecule is CC(C)CC(C)C(C)CBr. The molecule has 0 aromatic heterocycles. The third kappa shape index (κ3) is 4.32. The Morgan fingerprint density at radius 2 is 1.50 bits per heavy atom. The lowest BCUT2D eigenvalue weighted by Crippen LogP contribution is -2.11. The predicted molar refractivity (Wildman–Crippen MR) is 51.6 cm³/mol. The van der Waals surface area contributed by atoms with Crippen molar-refractivity contribution >= 4 is 15.9 Å². The van der Waals surface area contributed by atoms with Gasteiger partial charge in [-0.25, -0.2) is 0 Å². The lowest BCUT2D eigenvalue weighted by Gasteiger charge is -2.19. The molecule has 0 aromatic rings. The van der Waals surface area contributed by atoms with Gasteiger partial charge in [0, 0.05) is 5.33 Å². The highest BCUT2D eigenvalue weighted by atomic mass is 79.9. The van der Waals surface area contributed by atoms with E-state index in [1.807, 2.05) is 0 Å². The number of halogens is 1. The molecular weight excluding hydrogens is 188 g/mol. The zero-order valence-corrected chi connectivity index (χ0v) is 9.11. The van der Waals surface area contributed by atoms with Gasteiger partial charge in [0.2, 0.25) is 0 Å². The first-order valence-corrected chi connectivity index (χ1v) is 5.26. The van der Waals surface area contributed by atoms with E-state index < -0.39 is 0 Å². The molecule has 0 aliphatic rings. The first-order chi connectivity index (χ1) is 4.57. The standard InChI is InChI=1S/C9H19Br/c1-7(2)5-8(3)9(4)6-10/h7-9H,5-6H2,1-4H3. The summed E-state index contributed by atoms with van der Waals surface area (Å²) in [6.07, 6.45) is 1.35. The molecule has 10 heavy (non-hydrogen) atoms. The van der Waals surface area contributed by atoms with Gasteiger partial charge in [-0.05, 0) is 24.2 Å². The van der Waals surface area contributed by atoms with Crippen LogP contribution >= 0.6 is 15.9 Å². The van der Waals surface area contributed by atoms with Crippen LogP contribution in [0.25, 0.3) is 0 Å². The van der Waals surface area contributed by atoms with E-state index in [0.717, 1.165) is 23.1 Å². The van der Waals surface area contributed by atoms with Crippen LogP contribution in [-0.2, 0) is 0 Å². The van der Waals surface area contributed by atoms with Crippen molar-refractivity contribution in [1.29, 1.82) is 0 Å². The maximum Gasteiger partial charge on any atom is 0.00595 e. The summed E-state index contributed by atoms with van der Waals surface area (Å²) < 4.78 is 0. The molecule has 0 saturated heterocycles. The molecule has 0 heterocycles. The summed E-state index contributed by atoms with van der Waals surface area (Å²) >= 11 is 3.51. The van der Waals surface area contributed by atoms with Crippen molar-refractivity contribution < 1.29 is 0 Å². The molecule has 0 aliphatic heterocycles. The van der Waals surface area contributed by atoms with E-state index >= 15 is 0 Å². The Balaban J connectivity index is 3.50. The summed E-state index contributed by atoms with van der Waals surface area (Å²) in [6, 6.07) is 0. The second kappa shape index (κ2) is 5.17. The van der Waals surface area contributed by atoms with E-state index in [-0.39, 0.29) is 0 Å². The van der Waals surface area contributed by atoms with E-state index in [0.29, 0.717) is 0 Å². The summed E-state index contributed by atoms with van der Waals surface area (Å²) in [4.78, 5) is 0. The van der Waals surface area contributed by atoms with Crippen LogP contribution in [0.4, 0.5) is 0 Å². The molecule has 0 aromatic carbocycles. The molecule has 0 fully saturated rings. The normalized spacial score (nSPS) is 17.4. The lowest BCUT2D eigenvalue weighted by molar-refractivity contribution is 0.350. The molecule has 0 aliphatic carbocycles. The van der Waals surface area contributed by atoms with E-state index in [9.17, 15) is 0 Å². The molecular formula is C9H19Br. The van der Waals surface area contributed by atoms with Crippen molar-refractivity contribution in [3.63, 3.8) is 0 Å². The van der Waals surface area contributed by atoms with E-state index in [1.165, 1.54) is 6.42 Å². The Labute approximate surface area is 73.5 Å². The monoisotopic (exact) mass is 206 g/mol. The van der Waals surface area contributed by atoms with Gasteiger partial charge in [-0.3, -0.25) is 0 Å². The molecule has 0 radical (unpaired) electrons. The van der Waals surface area contributed by atoms with Crippen molar-refractivity contribution in [3.8, 4) is 0 Å². The van der Waals surface area contributed by atoms with Crippen LogP contribution in [-0.4, -0.2) is 5.33 Å². The van der Waals surface area contributed by atoms with Crippen LogP contribution in [0, 0.1) is 17.8 Å². The summed E-state index contributed by atoms with van der Waals surface area (Å²) in [5, 5.41) is 1.14. The van der Waals surface area contributed by atoms with Crippen LogP contribution in [0.15, 0.2) is 0 Å². The minimum atomic E-state index is 0.822. The minimum Gasteiger partial charge on any atom is -0.0925 e. The number of rotatable bonds is 4. The topological polar surface area (TPSA) is 0 Å². The van der Waals surface area contributed by atoms with Gasteiger partial charge in [0.1, 0.15) is 0 Å². The van der Waals surface area contributed by atoms with Gasteiger partial charge in [0.05, 0.1) is 0 Å². The van der Waals surface area contributed by atoms with Crippen molar-refractivity contribution in [2.45, 2.75) is 34.1 Å². The van der Waals surface area contributed by atoms with Gasteiger partial charge < -0.3 is 0 Å². The molecule has 2 atom stereocenters. The summed E-state index contributed by atoms with van der Waals surface area (Å²) in [6.45, 7) is 9.22. The fourth-order valence-electron chi connectivity index (χ4n) is 1.13. The Bertz CT molecular complexity index is 78.8. The quantitative estimate of drug-likeness (QED) is 0.616. The fraction of sp³-hybridized carbons (Fsp3) is 1.00. The minimum absolute atomic E-state index is 0.822. The lowest BCUT2D eigenvalue weighted by atomic mass is 9.89. The molecule has 0 saturated carbocycles. The van der Waals surface area contributed by atoms with Crippen LogP contribution in [0.2, 0.25) is 0 Å². The third-order valence-electron chi connectivity index (χ3n) is 2.06. The number of hydrogen-bond donors (Lipinski definition) is 0. The second-order valence-corrected chi connectivity index (χ2v) is 4.39. The van der Waals surface area contributed by atoms with Gasteiger partial charge in [-0.1, -0.05) is 43.6 Å². The van der Waals surface area contributed by atoms with Gasteiger partial charge in [-0.15, -0.1) is 0 Å². The molecule has 0 N–H and O–H groups in total. The molecule has 0 nitrogen and oxygen atoms in total. The highest BCUT2D eigenvalue weighted by Crippen LogP contribution is 2.20. The van der Waals surface area contributed by atoms with Gasteiger partial charge in [0.25, 0.3) is 0 Å². The van der Waals surface area contributed by atoms with Crippen LogP contribution in [0.1, 0.15) is 34.1 Å². The zero-order valence-electron chi connectivity index (χ0n) is 7.52. The molecule has 0 amide bonds. The number of alkyl halides is 1. The Morgan fingerprint density at radius 3 is 1.80 bits per heavy atom. The Morgan fingerprint density at radius 1 is 1.00 bits per heavy atom. The molecule has 0 bridgehead atoms. The average molecular weight is 207 g/mol. The molecule has 2 unspecified atom stereocenters. The van der Waals surface area contributed by atoms with Crippen molar-refractivity contribution in [1.82, 2.24) is 0 Å². The van der Waals surface area contributed by atoms with Crippen molar-refractivity contribution in [2.24, 2.45) is 17.8 Å². The van der Waals surface area contributed by atoms with Crippen LogP contribution in [0.3, 0.4) is 0 Å². The maximum absolute atomic E-state index is 3.51. The van der Waals surface area contributed by atoms with Gasteiger partial charge in [-0.2, -0.15) is 0 Å². The Hall–Kier alpha value is 0.480. The largest absolute Gasteiger partial charge is 0.0925 e. The van der Waals surface area contributed by atoms with Crippen molar-refractivity contribution in [3.05, 3.63) is 0 Å². The summed E-state index contributed by atoms with van der Waals surface area (Å²) in [5.74, 6) is 2.53.